The average molecular weight is 415 g/mol. The Hall–Kier alpha value is 0.460. The maximum absolute atomic E-state index is 6.48. The number of thiophene rings is 1. The van der Waals surface area contributed by atoms with E-state index < -0.39 is 0 Å². The first-order valence-corrected chi connectivity index (χ1v) is 8.05. The van der Waals surface area contributed by atoms with E-state index in [4.69, 9.17) is 23.2 Å². The number of halogens is 4. The highest BCUT2D eigenvalue weighted by Crippen LogP contribution is 2.42. The Labute approximate surface area is 131 Å². The maximum Gasteiger partial charge on any atom is 0.107 e. The summed E-state index contributed by atoms with van der Waals surface area (Å²) in [6.45, 7) is 2.05. The van der Waals surface area contributed by atoms with Gasteiger partial charge in [0.25, 0.3) is 0 Å². The summed E-state index contributed by atoms with van der Waals surface area (Å²) in [5.41, 5.74) is 2.26. The topological polar surface area (TPSA) is 0 Å². The molecule has 1 aromatic carbocycles. The van der Waals surface area contributed by atoms with Gasteiger partial charge in [-0.2, -0.15) is 0 Å². The Morgan fingerprint density at radius 2 is 1.88 bits per heavy atom. The summed E-state index contributed by atoms with van der Waals surface area (Å²) >= 11 is 20.9. The minimum Gasteiger partial charge on any atom is -0.125 e. The number of aryl methyl sites for hydroxylation is 1. The molecule has 1 unspecified atom stereocenters. The molecule has 0 amide bonds. The monoisotopic (exact) mass is 412 g/mol. The minimum absolute atomic E-state index is 0.182. The van der Waals surface area contributed by atoms with Gasteiger partial charge >= 0.3 is 0 Å². The molecule has 0 saturated carbocycles. The lowest BCUT2D eigenvalue weighted by Crippen LogP contribution is -1.92. The van der Waals surface area contributed by atoms with Gasteiger partial charge < -0.3 is 0 Å². The third-order valence-corrected chi connectivity index (χ3v) is 6.17. The lowest BCUT2D eigenvalue weighted by molar-refractivity contribution is 1.16. The molecule has 1 aromatic heterocycles. The van der Waals surface area contributed by atoms with E-state index in [2.05, 4.69) is 50.9 Å². The molecule has 0 saturated heterocycles. The number of alkyl halides is 1. The molecule has 90 valence electrons. The second-order valence-corrected chi connectivity index (χ2v) is 7.49. The van der Waals surface area contributed by atoms with E-state index in [1.54, 1.807) is 0 Å². The van der Waals surface area contributed by atoms with Crippen LogP contribution < -0.4 is 0 Å². The predicted octanol–water partition coefficient (Wildman–Crippen LogP) is 6.56. The first-order valence-electron chi connectivity index (χ1n) is 4.84. The van der Waals surface area contributed by atoms with Gasteiger partial charge in [-0.25, -0.2) is 0 Å². The molecule has 1 atom stereocenters. The second kappa shape index (κ2) is 5.62. The lowest BCUT2D eigenvalue weighted by Gasteiger charge is -2.10. The molecule has 0 nitrogen and oxygen atoms in total. The van der Waals surface area contributed by atoms with Gasteiger partial charge in [0.1, 0.15) is 4.34 Å². The van der Waals surface area contributed by atoms with E-state index in [1.165, 1.54) is 16.9 Å². The van der Waals surface area contributed by atoms with Gasteiger partial charge in [0.05, 0.1) is 5.38 Å². The first kappa shape index (κ1) is 13.9. The van der Waals surface area contributed by atoms with Crippen molar-refractivity contribution in [3.63, 3.8) is 0 Å². The molecule has 0 spiro atoms. The molecule has 17 heavy (non-hydrogen) atoms. The normalized spacial score (nSPS) is 12.8. The summed E-state index contributed by atoms with van der Waals surface area (Å²) in [5, 5.41) is -0.182. The third-order valence-electron chi connectivity index (χ3n) is 2.34. The standard InChI is InChI=1S/C12H8Br2Cl2S/c1-6-2-3-7(8(13)4-6)11(15)10-5-9(14)12(16)17-10/h2-5,11H,1H3. The Balaban J connectivity index is 2.39. The molecule has 0 aliphatic heterocycles. The molecule has 0 bridgehead atoms. The van der Waals surface area contributed by atoms with Crippen molar-refractivity contribution < 1.29 is 0 Å². The van der Waals surface area contributed by atoms with Crippen molar-refractivity contribution in [2.45, 2.75) is 12.3 Å². The van der Waals surface area contributed by atoms with Gasteiger partial charge in [-0.15, -0.1) is 22.9 Å². The molecule has 2 rings (SSSR count). The van der Waals surface area contributed by atoms with Gasteiger partial charge in [-0.1, -0.05) is 39.7 Å². The van der Waals surface area contributed by atoms with E-state index in [0.717, 1.165) is 23.7 Å². The van der Waals surface area contributed by atoms with Crippen LogP contribution in [-0.2, 0) is 0 Å². The maximum atomic E-state index is 6.48. The Kier molecular flexibility index (Phi) is 4.59. The zero-order chi connectivity index (χ0) is 12.6. The van der Waals surface area contributed by atoms with Crippen LogP contribution in [0.5, 0.6) is 0 Å². The van der Waals surface area contributed by atoms with Crippen LogP contribution in [0.1, 0.15) is 21.4 Å². The SMILES string of the molecule is Cc1ccc(C(Cl)c2cc(Br)c(Cl)s2)c(Br)c1. The smallest absolute Gasteiger partial charge is 0.107 e. The number of rotatable bonds is 2. The number of hydrogen-bond donors (Lipinski definition) is 0. The lowest BCUT2D eigenvalue weighted by atomic mass is 10.1. The number of hydrogen-bond acceptors (Lipinski definition) is 1. The largest absolute Gasteiger partial charge is 0.125 e. The third kappa shape index (κ3) is 3.07. The molecule has 0 aliphatic rings. The fraction of sp³-hybridized carbons (Fsp3) is 0.167. The van der Waals surface area contributed by atoms with Crippen molar-refractivity contribution in [3.8, 4) is 0 Å². The van der Waals surface area contributed by atoms with Crippen molar-refractivity contribution in [2.75, 3.05) is 0 Å². The first-order chi connectivity index (χ1) is 7.99. The molecule has 0 N–H and O–H groups in total. The fourth-order valence-corrected chi connectivity index (χ4v) is 4.45. The summed E-state index contributed by atoms with van der Waals surface area (Å²) in [5.74, 6) is 0. The average Bonchev–Trinajstić information content (AvgIpc) is 2.58. The van der Waals surface area contributed by atoms with E-state index in [9.17, 15) is 0 Å². The van der Waals surface area contributed by atoms with Crippen molar-refractivity contribution in [1.29, 1.82) is 0 Å². The Morgan fingerprint density at radius 3 is 2.41 bits per heavy atom. The van der Waals surface area contributed by atoms with E-state index in [-0.39, 0.29) is 5.38 Å². The van der Waals surface area contributed by atoms with Crippen LogP contribution in [0.4, 0.5) is 0 Å². The van der Waals surface area contributed by atoms with Gasteiger partial charge in [0.15, 0.2) is 0 Å². The zero-order valence-electron chi connectivity index (χ0n) is 8.81. The molecule has 0 fully saturated rings. The summed E-state index contributed by atoms with van der Waals surface area (Å²) < 4.78 is 2.65. The van der Waals surface area contributed by atoms with Crippen LogP contribution in [0.25, 0.3) is 0 Å². The van der Waals surface area contributed by atoms with E-state index in [0.29, 0.717) is 0 Å². The molecule has 2 aromatic rings. The minimum atomic E-state index is -0.182. The van der Waals surface area contributed by atoms with Crippen LogP contribution in [-0.4, -0.2) is 0 Å². The van der Waals surface area contributed by atoms with Crippen LogP contribution in [0.3, 0.4) is 0 Å². The molecule has 5 heteroatoms. The van der Waals surface area contributed by atoms with Gasteiger partial charge in [-0.05, 0) is 46.1 Å². The van der Waals surface area contributed by atoms with Gasteiger partial charge in [0, 0.05) is 13.8 Å². The highest BCUT2D eigenvalue weighted by Gasteiger charge is 2.17. The molecular formula is C12H8Br2Cl2S. The Morgan fingerprint density at radius 1 is 1.18 bits per heavy atom. The Bertz CT molecular complexity index is 532. The summed E-state index contributed by atoms with van der Waals surface area (Å²) in [4.78, 5) is 1.04. The van der Waals surface area contributed by atoms with Crippen molar-refractivity contribution in [2.24, 2.45) is 0 Å². The van der Waals surface area contributed by atoms with E-state index >= 15 is 0 Å². The van der Waals surface area contributed by atoms with Crippen LogP contribution in [0.15, 0.2) is 33.2 Å². The fourth-order valence-electron chi connectivity index (χ4n) is 1.48. The van der Waals surface area contributed by atoms with Crippen LogP contribution >= 0.6 is 66.4 Å². The zero-order valence-corrected chi connectivity index (χ0v) is 14.3. The molecule has 0 radical (unpaired) electrons. The van der Waals surface area contributed by atoms with Crippen molar-refractivity contribution in [3.05, 3.63) is 53.6 Å². The second-order valence-electron chi connectivity index (χ2n) is 3.66. The molecule has 1 heterocycles. The molecule has 0 aliphatic carbocycles. The predicted molar refractivity (Wildman–Crippen MR) is 83.6 cm³/mol. The highest BCUT2D eigenvalue weighted by molar-refractivity contribution is 9.10. The van der Waals surface area contributed by atoms with Crippen molar-refractivity contribution in [1.82, 2.24) is 0 Å². The van der Waals surface area contributed by atoms with E-state index in [1.807, 2.05) is 12.1 Å². The summed E-state index contributed by atoms with van der Waals surface area (Å²) in [6.07, 6.45) is 0. The number of benzene rings is 1. The van der Waals surface area contributed by atoms with Crippen LogP contribution in [0.2, 0.25) is 4.34 Å². The summed E-state index contributed by atoms with van der Waals surface area (Å²) in [7, 11) is 0. The van der Waals surface area contributed by atoms with Gasteiger partial charge in [-0.3, -0.25) is 0 Å². The van der Waals surface area contributed by atoms with Crippen molar-refractivity contribution >= 4 is 66.4 Å². The quantitative estimate of drug-likeness (QED) is 0.488. The van der Waals surface area contributed by atoms with Gasteiger partial charge in [0.2, 0.25) is 0 Å². The molecular weight excluding hydrogens is 407 g/mol. The van der Waals surface area contributed by atoms with Crippen LogP contribution in [0, 0.1) is 6.92 Å². The highest BCUT2D eigenvalue weighted by atomic mass is 79.9. The summed E-state index contributed by atoms with van der Waals surface area (Å²) in [6, 6.07) is 8.13.